The number of rotatable bonds is 7. The largest absolute Gasteiger partial charge is 0.489 e. The maximum absolute atomic E-state index is 6.04. The summed E-state index contributed by atoms with van der Waals surface area (Å²) in [5.41, 5.74) is 4.94. The van der Waals surface area contributed by atoms with Crippen LogP contribution in [0.2, 0.25) is 0 Å². The van der Waals surface area contributed by atoms with Crippen molar-refractivity contribution >= 4 is 0 Å². The van der Waals surface area contributed by atoms with Crippen molar-refractivity contribution in [1.29, 1.82) is 0 Å². The summed E-state index contributed by atoms with van der Waals surface area (Å²) in [5.74, 6) is 1.24. The van der Waals surface area contributed by atoms with Crippen molar-refractivity contribution in [3.05, 3.63) is 101 Å². The highest BCUT2D eigenvalue weighted by molar-refractivity contribution is 5.36. The van der Waals surface area contributed by atoms with Crippen molar-refractivity contribution in [2.24, 2.45) is 0 Å². The average molecular weight is 374 g/mol. The molecule has 0 aliphatic carbocycles. The van der Waals surface area contributed by atoms with E-state index in [1.54, 1.807) is 0 Å². The number of hydrogen-bond donors (Lipinski definition) is 0. The predicted molar refractivity (Wildman–Crippen MR) is 111 cm³/mol. The van der Waals surface area contributed by atoms with Crippen LogP contribution in [0.1, 0.15) is 35.1 Å². The van der Waals surface area contributed by atoms with E-state index < -0.39 is 0 Å². The van der Waals surface area contributed by atoms with E-state index >= 15 is 0 Å². The zero-order chi connectivity index (χ0) is 19.2. The molecule has 0 amide bonds. The highest BCUT2D eigenvalue weighted by atomic mass is 16.7. The third kappa shape index (κ3) is 4.80. The molecule has 1 aliphatic heterocycles. The van der Waals surface area contributed by atoms with Gasteiger partial charge in [-0.3, -0.25) is 0 Å². The Labute approximate surface area is 166 Å². The third-order valence-corrected chi connectivity index (χ3v) is 5.18. The first-order valence-electron chi connectivity index (χ1n) is 9.87. The molecule has 0 N–H and O–H groups in total. The Morgan fingerprint density at radius 2 is 1.50 bits per heavy atom. The highest BCUT2D eigenvalue weighted by Crippen LogP contribution is 2.27. The van der Waals surface area contributed by atoms with Gasteiger partial charge in [-0.1, -0.05) is 73.7 Å². The van der Waals surface area contributed by atoms with E-state index in [2.05, 4.69) is 79.7 Å². The normalized spacial score (nSPS) is 15.5. The van der Waals surface area contributed by atoms with Gasteiger partial charge in [0.1, 0.15) is 12.4 Å². The molecule has 1 unspecified atom stereocenters. The third-order valence-electron chi connectivity index (χ3n) is 5.18. The van der Waals surface area contributed by atoms with Gasteiger partial charge in [-0.25, -0.2) is 0 Å². The van der Waals surface area contributed by atoms with E-state index in [0.29, 0.717) is 25.7 Å². The van der Waals surface area contributed by atoms with E-state index in [0.717, 1.165) is 17.7 Å². The van der Waals surface area contributed by atoms with Gasteiger partial charge in [0.05, 0.1) is 13.2 Å². The van der Waals surface area contributed by atoms with Crippen molar-refractivity contribution in [2.45, 2.75) is 32.2 Å². The van der Waals surface area contributed by atoms with Gasteiger partial charge in [0.15, 0.2) is 6.29 Å². The van der Waals surface area contributed by atoms with Crippen LogP contribution in [0.25, 0.3) is 0 Å². The maximum atomic E-state index is 6.04. The Morgan fingerprint density at radius 3 is 2.25 bits per heavy atom. The summed E-state index contributed by atoms with van der Waals surface area (Å²) in [5, 5.41) is 0. The number of benzene rings is 3. The van der Waals surface area contributed by atoms with Gasteiger partial charge in [0.2, 0.25) is 0 Å². The van der Waals surface area contributed by atoms with Crippen molar-refractivity contribution in [3.8, 4) is 5.75 Å². The molecule has 1 saturated heterocycles. The molecule has 0 saturated carbocycles. The van der Waals surface area contributed by atoms with Crippen molar-refractivity contribution in [2.75, 3.05) is 13.2 Å². The lowest BCUT2D eigenvalue weighted by Gasteiger charge is -2.14. The van der Waals surface area contributed by atoms with Crippen LogP contribution in [0, 0.1) is 0 Å². The molecule has 0 radical (unpaired) electrons. The summed E-state index contributed by atoms with van der Waals surface area (Å²) < 4.78 is 17.1. The van der Waals surface area contributed by atoms with E-state index in [-0.39, 0.29) is 6.29 Å². The minimum absolute atomic E-state index is 0.101. The summed E-state index contributed by atoms with van der Waals surface area (Å²) in [6.45, 7) is 4.17. The fourth-order valence-corrected chi connectivity index (χ4v) is 3.46. The molecule has 0 spiro atoms. The van der Waals surface area contributed by atoms with Crippen molar-refractivity contribution in [3.63, 3.8) is 0 Å². The minimum atomic E-state index is -0.101. The topological polar surface area (TPSA) is 27.7 Å². The van der Waals surface area contributed by atoms with Crippen LogP contribution in [0.5, 0.6) is 5.75 Å². The van der Waals surface area contributed by atoms with Gasteiger partial charge >= 0.3 is 0 Å². The Balaban J connectivity index is 1.35. The fraction of sp³-hybridized carbons (Fsp3) is 0.280. The van der Waals surface area contributed by atoms with Crippen LogP contribution in [0.4, 0.5) is 0 Å². The van der Waals surface area contributed by atoms with Gasteiger partial charge in [0.25, 0.3) is 0 Å². The van der Waals surface area contributed by atoms with Gasteiger partial charge in [-0.15, -0.1) is 0 Å². The summed E-state index contributed by atoms with van der Waals surface area (Å²) in [7, 11) is 0. The quantitative estimate of drug-likeness (QED) is 0.559. The molecule has 3 nitrogen and oxygen atoms in total. The van der Waals surface area contributed by atoms with Gasteiger partial charge < -0.3 is 14.2 Å². The zero-order valence-electron chi connectivity index (χ0n) is 16.2. The van der Waals surface area contributed by atoms with E-state index in [9.17, 15) is 0 Å². The molecule has 1 atom stereocenters. The van der Waals surface area contributed by atoms with Crippen molar-refractivity contribution in [1.82, 2.24) is 0 Å². The maximum Gasteiger partial charge on any atom is 0.161 e. The molecule has 3 aromatic carbocycles. The van der Waals surface area contributed by atoms with Crippen LogP contribution in [0.15, 0.2) is 78.9 Å². The van der Waals surface area contributed by atoms with Gasteiger partial charge in [0, 0.05) is 12.3 Å². The second-order valence-corrected chi connectivity index (χ2v) is 7.19. The Kier molecular flexibility index (Phi) is 6.05. The molecule has 28 heavy (non-hydrogen) atoms. The van der Waals surface area contributed by atoms with Crippen LogP contribution in [-0.2, 0) is 22.5 Å². The average Bonchev–Trinajstić information content (AvgIpc) is 3.27. The summed E-state index contributed by atoms with van der Waals surface area (Å²) in [4.78, 5) is 0. The van der Waals surface area contributed by atoms with E-state index in [1.807, 2.05) is 6.07 Å². The summed E-state index contributed by atoms with van der Waals surface area (Å²) in [6.07, 6.45) is 0.692. The van der Waals surface area contributed by atoms with Crippen LogP contribution >= 0.6 is 0 Å². The monoisotopic (exact) mass is 374 g/mol. The molecule has 3 heteroatoms. The molecule has 4 rings (SSSR count). The number of hydrogen-bond acceptors (Lipinski definition) is 3. The Bertz CT molecular complexity index is 868. The Morgan fingerprint density at radius 1 is 0.821 bits per heavy atom. The Hall–Kier alpha value is -2.62. The zero-order valence-corrected chi connectivity index (χ0v) is 16.2. The van der Waals surface area contributed by atoms with E-state index in [1.165, 1.54) is 16.7 Å². The lowest BCUT2D eigenvalue weighted by molar-refractivity contribution is -0.0399. The second kappa shape index (κ2) is 9.05. The molecular formula is C25H26O3. The molecule has 0 aromatic heterocycles. The summed E-state index contributed by atoms with van der Waals surface area (Å²) >= 11 is 0. The molecule has 0 bridgehead atoms. The molecule has 1 heterocycles. The first-order chi connectivity index (χ1) is 13.8. The molecule has 1 fully saturated rings. The predicted octanol–water partition coefficient (Wildman–Crippen LogP) is 5.33. The molecule has 1 aliphatic rings. The lowest BCUT2D eigenvalue weighted by Crippen LogP contribution is -2.11. The molecule has 3 aromatic rings. The minimum Gasteiger partial charge on any atom is -0.489 e. The van der Waals surface area contributed by atoms with E-state index in [4.69, 9.17) is 14.2 Å². The molecule has 144 valence electrons. The first kappa shape index (κ1) is 18.7. The SMILES string of the molecule is CC(c1ccccc1)c1cccc(OCc2ccc(CC3OCCO3)cc2)c1. The van der Waals surface area contributed by atoms with Crippen molar-refractivity contribution < 1.29 is 14.2 Å². The second-order valence-electron chi connectivity index (χ2n) is 7.19. The van der Waals surface area contributed by atoms with Crippen LogP contribution in [0.3, 0.4) is 0 Å². The standard InChI is InChI=1S/C25H26O3/c1-19(22-6-3-2-4-7-22)23-8-5-9-24(17-23)28-18-21-12-10-20(11-13-21)16-25-26-14-15-27-25/h2-13,17,19,25H,14-16,18H2,1H3. The van der Waals surface area contributed by atoms with Crippen LogP contribution < -0.4 is 4.74 Å². The fourth-order valence-electron chi connectivity index (χ4n) is 3.46. The first-order valence-corrected chi connectivity index (χ1v) is 9.87. The van der Waals surface area contributed by atoms with Crippen LogP contribution in [-0.4, -0.2) is 19.5 Å². The van der Waals surface area contributed by atoms with Gasteiger partial charge in [-0.05, 0) is 34.4 Å². The smallest absolute Gasteiger partial charge is 0.161 e. The van der Waals surface area contributed by atoms with Gasteiger partial charge in [-0.2, -0.15) is 0 Å². The highest BCUT2D eigenvalue weighted by Gasteiger charge is 2.16. The molecular weight excluding hydrogens is 348 g/mol. The number of ether oxygens (including phenoxy) is 3. The lowest BCUT2D eigenvalue weighted by atomic mass is 9.93. The summed E-state index contributed by atoms with van der Waals surface area (Å²) in [6, 6.07) is 27.4.